The highest BCUT2D eigenvalue weighted by molar-refractivity contribution is 9.09. The summed E-state index contributed by atoms with van der Waals surface area (Å²) in [7, 11) is -2.27. The molecule has 1 aliphatic rings. The summed E-state index contributed by atoms with van der Waals surface area (Å²) in [5, 5.41) is 0. The summed E-state index contributed by atoms with van der Waals surface area (Å²) in [4.78, 5) is 0.152. The average Bonchev–Trinajstić information content (AvgIpc) is 1.98. The van der Waals surface area contributed by atoms with E-state index in [4.69, 9.17) is 0 Å². The molecule has 1 fully saturated rings. The first kappa shape index (κ1) is 10.3. The van der Waals surface area contributed by atoms with Crippen LogP contribution in [0, 0.1) is 12.3 Å². The standard InChI is InChI=1S/C8H12BrO2S/c1-6-3-2-4-7(8(6)9)5-12(10)11/h4,7-8,12H,1-3,5H2. The van der Waals surface area contributed by atoms with Crippen molar-refractivity contribution in [2.45, 2.75) is 17.7 Å². The van der Waals surface area contributed by atoms with Crippen molar-refractivity contribution in [1.29, 1.82) is 0 Å². The molecular formula is C8H12BrO2S. The third kappa shape index (κ3) is 2.59. The van der Waals surface area contributed by atoms with Gasteiger partial charge in [-0.1, -0.05) is 28.1 Å². The number of hydrogen-bond donors (Lipinski definition) is 1. The van der Waals surface area contributed by atoms with Gasteiger partial charge >= 0.3 is 0 Å². The number of allylic oxidation sites excluding steroid dienone is 1. The third-order valence-electron chi connectivity index (χ3n) is 2.06. The van der Waals surface area contributed by atoms with E-state index in [1.807, 2.05) is 0 Å². The molecule has 1 saturated carbocycles. The Labute approximate surface area is 83.1 Å². The Morgan fingerprint density at radius 2 is 2.33 bits per heavy atom. The second-order valence-corrected chi connectivity index (χ2v) is 5.03. The third-order valence-corrected chi connectivity index (χ3v) is 4.11. The van der Waals surface area contributed by atoms with Crippen LogP contribution >= 0.6 is 15.9 Å². The largest absolute Gasteiger partial charge is 0.232 e. The molecule has 0 aliphatic heterocycles. The second kappa shape index (κ2) is 4.42. The number of hydrogen-bond acceptors (Lipinski definition) is 2. The maximum atomic E-state index is 10.5. The fraction of sp³-hybridized carbons (Fsp3) is 0.625. The van der Waals surface area contributed by atoms with Gasteiger partial charge in [0.05, 0.1) is 5.75 Å². The van der Waals surface area contributed by atoms with Crippen molar-refractivity contribution in [2.24, 2.45) is 5.92 Å². The Morgan fingerprint density at radius 3 is 2.92 bits per heavy atom. The van der Waals surface area contributed by atoms with Crippen molar-refractivity contribution in [3.05, 3.63) is 18.6 Å². The van der Waals surface area contributed by atoms with Crippen molar-refractivity contribution in [1.82, 2.24) is 0 Å². The van der Waals surface area contributed by atoms with Gasteiger partial charge in [-0.25, -0.2) is 8.42 Å². The molecule has 2 nitrogen and oxygen atoms in total. The second-order valence-electron chi connectivity index (χ2n) is 3.01. The van der Waals surface area contributed by atoms with E-state index in [0.717, 1.165) is 18.4 Å². The van der Waals surface area contributed by atoms with E-state index in [1.165, 1.54) is 0 Å². The highest BCUT2D eigenvalue weighted by Gasteiger charge is 2.26. The van der Waals surface area contributed by atoms with Gasteiger partial charge in [-0.15, -0.1) is 0 Å². The average molecular weight is 252 g/mol. The van der Waals surface area contributed by atoms with Crippen LogP contribution in [0.1, 0.15) is 12.8 Å². The summed E-state index contributed by atoms with van der Waals surface area (Å²) in [5.41, 5.74) is 1.11. The monoisotopic (exact) mass is 251 g/mol. The molecule has 2 atom stereocenters. The Kier molecular flexibility index (Phi) is 3.77. The van der Waals surface area contributed by atoms with Gasteiger partial charge in [0.2, 0.25) is 0 Å². The van der Waals surface area contributed by atoms with Crippen LogP contribution in [-0.4, -0.2) is 19.0 Å². The van der Waals surface area contributed by atoms with Crippen molar-refractivity contribution in [3.63, 3.8) is 0 Å². The molecule has 69 valence electrons. The molecule has 12 heavy (non-hydrogen) atoms. The van der Waals surface area contributed by atoms with Gasteiger partial charge in [0.25, 0.3) is 0 Å². The molecule has 0 N–H and O–H groups in total. The lowest BCUT2D eigenvalue weighted by atomic mass is 9.87. The number of halogens is 1. The quantitative estimate of drug-likeness (QED) is 0.459. The molecule has 4 heteroatoms. The molecule has 2 unspecified atom stereocenters. The Morgan fingerprint density at radius 1 is 1.67 bits per heavy atom. The van der Waals surface area contributed by atoms with E-state index >= 15 is 0 Å². The van der Waals surface area contributed by atoms with E-state index < -0.39 is 10.7 Å². The number of alkyl halides is 1. The van der Waals surface area contributed by atoms with Gasteiger partial charge < -0.3 is 0 Å². The summed E-state index contributed by atoms with van der Waals surface area (Å²) in [6.07, 6.45) is 4.00. The van der Waals surface area contributed by atoms with E-state index in [9.17, 15) is 8.42 Å². The first-order chi connectivity index (χ1) is 5.61. The topological polar surface area (TPSA) is 34.1 Å². The summed E-state index contributed by atoms with van der Waals surface area (Å²) in [6.45, 7) is 3.89. The molecule has 0 bridgehead atoms. The van der Waals surface area contributed by atoms with Crippen molar-refractivity contribution >= 4 is 26.6 Å². The van der Waals surface area contributed by atoms with Gasteiger partial charge in [-0.3, -0.25) is 0 Å². The molecule has 0 amide bonds. The van der Waals surface area contributed by atoms with Gasteiger partial charge in [-0.05, 0) is 25.2 Å². The zero-order chi connectivity index (χ0) is 9.14. The van der Waals surface area contributed by atoms with Crippen LogP contribution in [-0.2, 0) is 10.7 Å². The zero-order valence-electron chi connectivity index (χ0n) is 6.70. The van der Waals surface area contributed by atoms with Crippen LogP contribution in [0.25, 0.3) is 0 Å². The normalized spacial score (nSPS) is 31.0. The molecule has 0 heterocycles. The summed E-state index contributed by atoms with van der Waals surface area (Å²) in [5.74, 6) is 0.358. The Bertz CT molecular complexity index is 239. The summed E-state index contributed by atoms with van der Waals surface area (Å²) < 4.78 is 21.0. The fourth-order valence-electron chi connectivity index (χ4n) is 1.38. The molecule has 1 aliphatic carbocycles. The Balaban J connectivity index is 2.57. The minimum absolute atomic E-state index is 0.118. The SMILES string of the molecule is C=C1CC[CH]C(C[SH](=O)=O)C1Br. The van der Waals surface area contributed by atoms with Crippen LogP contribution in [0.4, 0.5) is 0 Å². The molecule has 0 aromatic rings. The number of thiol groups is 1. The van der Waals surface area contributed by atoms with Crippen LogP contribution in [0.2, 0.25) is 0 Å². The van der Waals surface area contributed by atoms with Crippen LogP contribution in [0.5, 0.6) is 0 Å². The molecule has 1 radical (unpaired) electrons. The maximum absolute atomic E-state index is 10.5. The lowest BCUT2D eigenvalue weighted by Gasteiger charge is -2.27. The smallest absolute Gasteiger partial charge is 0.140 e. The van der Waals surface area contributed by atoms with Crippen molar-refractivity contribution in [3.8, 4) is 0 Å². The molecule has 0 aromatic carbocycles. The van der Waals surface area contributed by atoms with Gasteiger partial charge in [0, 0.05) is 4.83 Å². The molecule has 0 spiro atoms. The van der Waals surface area contributed by atoms with Gasteiger partial charge in [0.15, 0.2) is 0 Å². The lowest BCUT2D eigenvalue weighted by molar-refractivity contribution is 0.564. The molecule has 0 saturated heterocycles. The minimum atomic E-state index is -2.27. The number of rotatable bonds is 2. The maximum Gasteiger partial charge on any atom is 0.140 e. The van der Waals surface area contributed by atoms with Crippen molar-refractivity contribution < 1.29 is 8.42 Å². The van der Waals surface area contributed by atoms with Gasteiger partial charge in [-0.2, -0.15) is 0 Å². The van der Waals surface area contributed by atoms with E-state index in [-0.39, 0.29) is 16.5 Å². The summed E-state index contributed by atoms with van der Waals surface area (Å²) >= 11 is 3.45. The highest BCUT2D eigenvalue weighted by atomic mass is 79.9. The highest BCUT2D eigenvalue weighted by Crippen LogP contribution is 2.32. The minimum Gasteiger partial charge on any atom is -0.232 e. The molecular weight excluding hydrogens is 240 g/mol. The Hall–Kier alpha value is 0.170. The van der Waals surface area contributed by atoms with Crippen LogP contribution in [0.15, 0.2) is 12.2 Å². The van der Waals surface area contributed by atoms with E-state index in [1.54, 1.807) is 0 Å². The fourth-order valence-corrected chi connectivity index (χ4v) is 3.01. The zero-order valence-corrected chi connectivity index (χ0v) is 9.18. The van der Waals surface area contributed by atoms with Crippen molar-refractivity contribution in [2.75, 3.05) is 5.75 Å². The van der Waals surface area contributed by atoms with Gasteiger partial charge in [0.1, 0.15) is 10.7 Å². The van der Waals surface area contributed by atoms with Crippen LogP contribution < -0.4 is 0 Å². The predicted octanol–water partition coefficient (Wildman–Crippen LogP) is 1.53. The summed E-state index contributed by atoms with van der Waals surface area (Å²) in [6, 6.07) is 0. The van der Waals surface area contributed by atoms with E-state index in [0.29, 0.717) is 0 Å². The first-order valence-electron chi connectivity index (χ1n) is 3.88. The lowest BCUT2D eigenvalue weighted by Crippen LogP contribution is -2.25. The molecule has 0 aromatic heterocycles. The molecule has 1 rings (SSSR count). The predicted molar refractivity (Wildman–Crippen MR) is 54.1 cm³/mol. The first-order valence-corrected chi connectivity index (χ1v) is 6.16. The van der Waals surface area contributed by atoms with Crippen LogP contribution in [0.3, 0.4) is 0 Å². The van der Waals surface area contributed by atoms with E-state index in [2.05, 4.69) is 28.9 Å².